The second kappa shape index (κ2) is 9.14. The number of ether oxygens (including phenoxy) is 1. The van der Waals surface area contributed by atoms with Crippen LogP contribution >= 0.6 is 0 Å². The summed E-state index contributed by atoms with van der Waals surface area (Å²) in [7, 11) is 0. The summed E-state index contributed by atoms with van der Waals surface area (Å²) in [5, 5.41) is 2.57. The summed E-state index contributed by atoms with van der Waals surface area (Å²) >= 11 is 0. The van der Waals surface area contributed by atoms with E-state index in [1.165, 1.54) is 19.1 Å². The summed E-state index contributed by atoms with van der Waals surface area (Å²) in [6.45, 7) is 0.797. The first-order valence-electron chi connectivity index (χ1n) is 11.9. The van der Waals surface area contributed by atoms with E-state index < -0.39 is 30.3 Å². The van der Waals surface area contributed by atoms with Crippen LogP contribution in [0.2, 0.25) is 0 Å². The first kappa shape index (κ1) is 23.6. The smallest absolute Gasteiger partial charge is 0.326 e. The molecule has 3 aliphatic rings. The van der Waals surface area contributed by atoms with Crippen molar-refractivity contribution in [2.75, 3.05) is 11.9 Å². The number of anilines is 1. The van der Waals surface area contributed by atoms with E-state index in [1.54, 1.807) is 30.3 Å². The zero-order valence-electron chi connectivity index (χ0n) is 19.6. The molecule has 1 N–H and O–H groups in total. The number of amides is 3. The highest BCUT2D eigenvalue weighted by Gasteiger charge is 2.48. The van der Waals surface area contributed by atoms with Crippen molar-refractivity contribution >= 4 is 40.9 Å². The van der Waals surface area contributed by atoms with Crippen LogP contribution in [0.3, 0.4) is 0 Å². The van der Waals surface area contributed by atoms with E-state index >= 15 is 0 Å². The zero-order chi connectivity index (χ0) is 25.6. The summed E-state index contributed by atoms with van der Waals surface area (Å²) in [6, 6.07) is 11.0. The first-order valence-corrected chi connectivity index (χ1v) is 11.9. The largest absolute Gasteiger partial charge is 0.451 e. The molecule has 1 saturated carbocycles. The monoisotopic (exact) mass is 488 g/mol. The molecular formula is C27H24N2O7. The molecule has 5 rings (SSSR count). The Morgan fingerprint density at radius 3 is 2.11 bits per heavy atom. The van der Waals surface area contributed by atoms with Gasteiger partial charge in [-0.3, -0.25) is 33.7 Å². The highest BCUT2D eigenvalue weighted by molar-refractivity contribution is 6.30. The molecule has 9 nitrogen and oxygen atoms in total. The second-order valence-electron chi connectivity index (χ2n) is 9.31. The van der Waals surface area contributed by atoms with Crippen molar-refractivity contribution in [2.45, 2.75) is 38.7 Å². The fourth-order valence-corrected chi connectivity index (χ4v) is 5.29. The number of fused-ring (bicyclic) bond motifs is 3. The minimum absolute atomic E-state index is 0.0731. The molecule has 2 fully saturated rings. The van der Waals surface area contributed by atoms with Gasteiger partial charge in [-0.2, -0.15) is 0 Å². The fraction of sp³-hybridized carbons (Fsp3) is 0.333. The number of benzene rings is 2. The molecule has 184 valence electrons. The van der Waals surface area contributed by atoms with Gasteiger partial charge in [0.2, 0.25) is 11.8 Å². The van der Waals surface area contributed by atoms with E-state index in [2.05, 4.69) is 5.32 Å². The normalized spacial score (nSPS) is 21.4. The van der Waals surface area contributed by atoms with Crippen LogP contribution in [-0.2, 0) is 23.9 Å². The number of hydrogen-bond acceptors (Lipinski definition) is 7. The van der Waals surface area contributed by atoms with Gasteiger partial charge in [0.15, 0.2) is 17.7 Å². The number of rotatable bonds is 5. The number of carbonyl (C=O) groups excluding carboxylic acids is 6. The van der Waals surface area contributed by atoms with Crippen LogP contribution in [0, 0.1) is 11.8 Å². The van der Waals surface area contributed by atoms with E-state index in [4.69, 9.17) is 4.74 Å². The molecule has 3 unspecified atom stereocenters. The second-order valence-corrected chi connectivity index (χ2v) is 9.31. The number of imide groups is 1. The SMILES string of the molecule is CC(OC(=O)CN1C(=O)C2CCCCC2C1=O)C(=O)Nc1cccc2c1C(=O)c1ccccc1C2=O. The van der Waals surface area contributed by atoms with Gasteiger partial charge in [-0.05, 0) is 25.8 Å². The van der Waals surface area contributed by atoms with Crippen LogP contribution < -0.4 is 5.32 Å². The van der Waals surface area contributed by atoms with Gasteiger partial charge >= 0.3 is 5.97 Å². The predicted molar refractivity (Wildman–Crippen MR) is 126 cm³/mol. The Balaban J connectivity index is 1.27. The van der Waals surface area contributed by atoms with Crippen LogP contribution in [0.5, 0.6) is 0 Å². The van der Waals surface area contributed by atoms with E-state index in [-0.39, 0.29) is 51.8 Å². The topological polar surface area (TPSA) is 127 Å². The van der Waals surface area contributed by atoms with E-state index in [1.807, 2.05) is 0 Å². The number of likely N-dealkylation sites (tertiary alicyclic amines) is 1. The summed E-state index contributed by atoms with van der Waals surface area (Å²) in [5.74, 6) is -3.80. The number of carbonyl (C=O) groups is 6. The highest BCUT2D eigenvalue weighted by atomic mass is 16.5. The summed E-state index contributed by atoms with van der Waals surface area (Å²) in [4.78, 5) is 77.4. The maximum atomic E-state index is 13.1. The van der Waals surface area contributed by atoms with E-state index in [9.17, 15) is 28.8 Å². The van der Waals surface area contributed by atoms with Crippen molar-refractivity contribution in [2.24, 2.45) is 11.8 Å². The van der Waals surface area contributed by atoms with E-state index in [0.717, 1.165) is 17.7 Å². The van der Waals surface area contributed by atoms with Gasteiger partial charge in [0.1, 0.15) is 6.54 Å². The van der Waals surface area contributed by atoms with Crippen molar-refractivity contribution in [3.05, 3.63) is 64.7 Å². The predicted octanol–water partition coefficient (Wildman–Crippen LogP) is 2.51. The molecule has 2 aromatic carbocycles. The van der Waals surface area contributed by atoms with Crippen molar-refractivity contribution in [1.29, 1.82) is 0 Å². The zero-order valence-corrected chi connectivity index (χ0v) is 19.6. The van der Waals surface area contributed by atoms with Crippen LogP contribution in [-0.4, -0.2) is 52.8 Å². The average Bonchev–Trinajstić information content (AvgIpc) is 3.12. The maximum absolute atomic E-state index is 13.1. The lowest BCUT2D eigenvalue weighted by molar-refractivity contribution is -0.158. The van der Waals surface area contributed by atoms with Gasteiger partial charge in [-0.1, -0.05) is 49.2 Å². The summed E-state index contributed by atoms with van der Waals surface area (Å²) in [5.41, 5.74) is 0.920. The maximum Gasteiger partial charge on any atom is 0.326 e. The molecule has 3 atom stereocenters. The molecule has 1 saturated heterocycles. The van der Waals surface area contributed by atoms with Crippen molar-refractivity contribution < 1.29 is 33.5 Å². The highest BCUT2D eigenvalue weighted by Crippen LogP contribution is 2.38. The summed E-state index contributed by atoms with van der Waals surface area (Å²) < 4.78 is 5.20. The van der Waals surface area contributed by atoms with Gasteiger partial charge in [-0.15, -0.1) is 0 Å². The molecule has 1 heterocycles. The number of esters is 1. The number of nitrogens with one attached hydrogen (secondary N) is 1. The third-order valence-corrected chi connectivity index (χ3v) is 7.11. The lowest BCUT2D eigenvalue weighted by atomic mass is 9.81. The molecule has 1 aliphatic heterocycles. The Bertz CT molecular complexity index is 1310. The van der Waals surface area contributed by atoms with Gasteiger partial charge in [0.25, 0.3) is 5.91 Å². The number of ketones is 2. The minimum atomic E-state index is -1.27. The Labute approximate surface area is 206 Å². The number of nitrogens with zero attached hydrogens (tertiary/aromatic N) is 1. The standard InChI is InChI=1S/C27H24N2O7/c1-14(36-21(30)13-29-26(34)17-9-4-5-10-18(17)27(29)35)25(33)28-20-12-6-11-19-22(20)24(32)16-8-3-2-7-15(16)23(19)31/h2-3,6-8,11-12,14,17-18H,4-5,9-10,13H2,1H3,(H,28,33). The average molecular weight is 488 g/mol. The van der Waals surface area contributed by atoms with Crippen LogP contribution in [0.15, 0.2) is 42.5 Å². The third kappa shape index (κ3) is 3.90. The van der Waals surface area contributed by atoms with Crippen molar-refractivity contribution in [3.8, 4) is 0 Å². The molecule has 0 radical (unpaired) electrons. The molecule has 3 amide bonds. The molecule has 2 aromatic rings. The van der Waals surface area contributed by atoms with Crippen molar-refractivity contribution in [3.63, 3.8) is 0 Å². The molecule has 0 bridgehead atoms. The fourth-order valence-electron chi connectivity index (χ4n) is 5.29. The Kier molecular flexibility index (Phi) is 5.99. The van der Waals surface area contributed by atoms with Gasteiger partial charge in [0, 0.05) is 16.7 Å². The quantitative estimate of drug-likeness (QED) is 0.432. The van der Waals surface area contributed by atoms with Crippen LogP contribution in [0.4, 0.5) is 5.69 Å². The van der Waals surface area contributed by atoms with Gasteiger partial charge < -0.3 is 10.1 Å². The molecule has 9 heteroatoms. The third-order valence-electron chi connectivity index (χ3n) is 7.11. The van der Waals surface area contributed by atoms with Crippen LogP contribution in [0.25, 0.3) is 0 Å². The minimum Gasteiger partial charge on any atom is -0.451 e. The lowest BCUT2D eigenvalue weighted by Gasteiger charge is -2.21. The molecule has 36 heavy (non-hydrogen) atoms. The van der Waals surface area contributed by atoms with E-state index in [0.29, 0.717) is 18.4 Å². The Hall–Kier alpha value is -4.14. The summed E-state index contributed by atoms with van der Waals surface area (Å²) in [6.07, 6.45) is 1.74. The number of hydrogen-bond donors (Lipinski definition) is 1. The van der Waals surface area contributed by atoms with Gasteiger partial charge in [0.05, 0.1) is 23.1 Å². The first-order chi connectivity index (χ1) is 17.3. The van der Waals surface area contributed by atoms with Crippen LogP contribution in [0.1, 0.15) is 64.4 Å². The Morgan fingerprint density at radius 1 is 0.889 bits per heavy atom. The molecular weight excluding hydrogens is 464 g/mol. The molecule has 0 aromatic heterocycles. The Morgan fingerprint density at radius 2 is 1.47 bits per heavy atom. The van der Waals surface area contributed by atoms with Crippen molar-refractivity contribution in [1.82, 2.24) is 4.90 Å². The molecule has 0 spiro atoms. The van der Waals surface area contributed by atoms with Gasteiger partial charge in [-0.25, -0.2) is 0 Å². The lowest BCUT2D eigenvalue weighted by Crippen LogP contribution is -2.39. The molecule has 2 aliphatic carbocycles.